The number of carboxylic acid groups (broad SMARTS) is 1. The summed E-state index contributed by atoms with van der Waals surface area (Å²) in [4.78, 5) is 133. The number of primary amides is 1. The molecule has 7 amide bonds. The van der Waals surface area contributed by atoms with E-state index in [0.717, 1.165) is 42.6 Å². The molecule has 300 valence electrons. The molecule has 0 radical (unpaired) electrons. The molecule has 55 heavy (non-hydrogen) atoms. The van der Waals surface area contributed by atoms with Crippen LogP contribution in [0.4, 0.5) is 0 Å². The molecule has 1 aliphatic carbocycles. The van der Waals surface area contributed by atoms with Crippen molar-refractivity contribution < 1.29 is 53.1 Å². The minimum absolute atomic E-state index is 0.136. The fraction of sp³-hybridized carbons (Fsp3) is 0.583. The number of likely N-dealkylation sites (N-methyl/N-ethyl adjacent to an activating group) is 1. The van der Waals surface area contributed by atoms with E-state index >= 15 is 0 Å². The first-order chi connectivity index (χ1) is 25.8. The van der Waals surface area contributed by atoms with Crippen molar-refractivity contribution in [2.24, 2.45) is 17.1 Å². The van der Waals surface area contributed by atoms with Gasteiger partial charge in [-0.05, 0) is 43.6 Å². The zero-order chi connectivity index (χ0) is 41.0. The van der Waals surface area contributed by atoms with Crippen molar-refractivity contribution in [2.75, 3.05) is 19.6 Å². The van der Waals surface area contributed by atoms with Gasteiger partial charge in [-0.15, -0.1) is 0 Å². The fourth-order valence-corrected chi connectivity index (χ4v) is 6.53. The number of carbonyl (C=O) groups excluding carboxylic acids is 9. The van der Waals surface area contributed by atoms with E-state index in [1.54, 1.807) is 27.7 Å². The Morgan fingerprint density at radius 2 is 1.64 bits per heavy atom. The zero-order valence-electron chi connectivity index (χ0n) is 31.4. The summed E-state index contributed by atoms with van der Waals surface area (Å²) in [6, 6.07) is -4.16. The van der Waals surface area contributed by atoms with Gasteiger partial charge in [0.05, 0.1) is 24.2 Å². The van der Waals surface area contributed by atoms with Gasteiger partial charge < -0.3 is 42.3 Å². The number of carboxylic acids is 1. The third-order valence-corrected chi connectivity index (χ3v) is 9.47. The smallest absolute Gasteiger partial charge is 0.338 e. The van der Waals surface area contributed by atoms with E-state index in [1.807, 2.05) is 0 Å². The number of likely N-dealkylation sites (tertiary alicyclic amines) is 1. The number of amides is 7. The van der Waals surface area contributed by atoms with E-state index < -0.39 is 120 Å². The number of Topliss-reactive ketones (excluding diaryl/α,β-unsaturated/α-hetero) is 2. The predicted molar refractivity (Wildman–Crippen MR) is 193 cm³/mol. The number of nitrogens with zero attached hydrogens (tertiary/aromatic N) is 2. The molecule has 0 spiro atoms. The van der Waals surface area contributed by atoms with Crippen LogP contribution in [0.15, 0.2) is 18.5 Å². The van der Waals surface area contributed by atoms with Gasteiger partial charge in [0.25, 0.3) is 11.8 Å². The van der Waals surface area contributed by atoms with Crippen LogP contribution in [0.3, 0.4) is 0 Å². The van der Waals surface area contributed by atoms with Gasteiger partial charge in [0.2, 0.25) is 35.3 Å². The van der Waals surface area contributed by atoms with Crippen LogP contribution in [0.5, 0.6) is 0 Å². The lowest BCUT2D eigenvalue weighted by atomic mass is 9.83. The van der Waals surface area contributed by atoms with Gasteiger partial charge in [-0.3, -0.25) is 48.1 Å². The van der Waals surface area contributed by atoms with Gasteiger partial charge in [0.15, 0.2) is 5.78 Å². The SMILES string of the molecule is CCNC(=O)C(=O)CCC(NC(=O)c1ccncc1C(=O)O)C(=O)N[C@H](C(=O)N1CC(=O)C[C@H]1C(=O)NCC(=O)NC(C(N)=O)C1CCCCC1)C(C)(C)C. The second kappa shape index (κ2) is 19.5. The van der Waals surface area contributed by atoms with Crippen molar-refractivity contribution in [3.8, 4) is 0 Å². The topological polar surface area (TPSA) is 293 Å². The summed E-state index contributed by atoms with van der Waals surface area (Å²) in [5, 5.41) is 21.8. The van der Waals surface area contributed by atoms with Crippen LogP contribution in [0, 0.1) is 11.3 Å². The van der Waals surface area contributed by atoms with Crippen molar-refractivity contribution in [1.29, 1.82) is 0 Å². The Labute approximate surface area is 317 Å². The predicted octanol–water partition coefficient (Wildman–Crippen LogP) is -1.27. The molecule has 2 fully saturated rings. The lowest BCUT2D eigenvalue weighted by Crippen LogP contribution is -2.60. The zero-order valence-corrected chi connectivity index (χ0v) is 31.4. The minimum atomic E-state index is -1.58. The number of carbonyl (C=O) groups is 10. The fourth-order valence-electron chi connectivity index (χ4n) is 6.53. The number of nitrogens with one attached hydrogen (secondary N) is 5. The van der Waals surface area contributed by atoms with Gasteiger partial charge in [0, 0.05) is 31.8 Å². The molecule has 19 nitrogen and oxygen atoms in total. The van der Waals surface area contributed by atoms with E-state index in [1.165, 1.54) is 0 Å². The Hall–Kier alpha value is -5.75. The Morgan fingerprint density at radius 1 is 0.964 bits per heavy atom. The highest BCUT2D eigenvalue weighted by atomic mass is 16.4. The minimum Gasteiger partial charge on any atom is -0.478 e. The molecule has 1 aliphatic heterocycles. The number of rotatable bonds is 17. The lowest BCUT2D eigenvalue weighted by Gasteiger charge is -2.36. The maximum atomic E-state index is 14.1. The lowest BCUT2D eigenvalue weighted by molar-refractivity contribution is -0.144. The average Bonchev–Trinajstić information content (AvgIpc) is 3.54. The highest BCUT2D eigenvalue weighted by Gasteiger charge is 2.45. The molecule has 2 unspecified atom stereocenters. The van der Waals surface area contributed by atoms with E-state index in [0.29, 0.717) is 12.8 Å². The maximum Gasteiger partial charge on any atom is 0.338 e. The molecule has 1 saturated carbocycles. The normalized spacial score (nSPS) is 17.6. The highest BCUT2D eigenvalue weighted by molar-refractivity contribution is 6.36. The molecule has 0 aromatic carbocycles. The van der Waals surface area contributed by atoms with Gasteiger partial charge in [-0.25, -0.2) is 4.79 Å². The van der Waals surface area contributed by atoms with Crippen molar-refractivity contribution in [1.82, 2.24) is 36.5 Å². The van der Waals surface area contributed by atoms with Crippen LogP contribution in [0.25, 0.3) is 0 Å². The van der Waals surface area contributed by atoms with E-state index in [4.69, 9.17) is 5.73 Å². The van der Waals surface area contributed by atoms with Crippen molar-refractivity contribution in [2.45, 2.75) is 103 Å². The molecular formula is C36H50N8O11. The van der Waals surface area contributed by atoms with Crippen LogP contribution in [-0.4, -0.2) is 118 Å². The second-order valence-corrected chi connectivity index (χ2v) is 14.7. The largest absolute Gasteiger partial charge is 0.478 e. The molecule has 2 heterocycles. The number of aromatic nitrogens is 1. The number of hydrogen-bond acceptors (Lipinski definition) is 11. The standard InChI is InChI=1S/C36H50N8O11/c1-5-39-33(52)25(46)12-11-23(41-30(49)21-13-14-38-16-22(21)35(54)55)31(50)43-28(36(2,3)4)34(53)44-18-20(45)15-24(44)32(51)40-17-26(47)42-27(29(37)48)19-9-7-6-8-10-19/h13-14,16,19,23-24,27-28H,5-12,15,17-18H2,1-4H3,(H2,37,48)(H,39,52)(H,40,51)(H,41,49)(H,42,47)(H,43,50)(H,54,55)/t23?,24-,27?,28+/m0/s1. The Kier molecular flexibility index (Phi) is 15.5. The van der Waals surface area contributed by atoms with E-state index in [2.05, 4.69) is 31.6 Å². The third kappa shape index (κ3) is 12.1. The number of hydrogen-bond donors (Lipinski definition) is 7. The molecule has 19 heteroatoms. The molecule has 1 aromatic rings. The Balaban J connectivity index is 1.79. The van der Waals surface area contributed by atoms with Crippen LogP contribution >= 0.6 is 0 Å². The van der Waals surface area contributed by atoms with Gasteiger partial charge in [0.1, 0.15) is 24.2 Å². The van der Waals surface area contributed by atoms with Crippen molar-refractivity contribution in [3.05, 3.63) is 29.6 Å². The quantitative estimate of drug-likeness (QED) is 0.0913. The van der Waals surface area contributed by atoms with Gasteiger partial charge >= 0.3 is 5.97 Å². The number of ketones is 2. The van der Waals surface area contributed by atoms with Crippen LogP contribution in [0.1, 0.15) is 99.8 Å². The monoisotopic (exact) mass is 770 g/mol. The average molecular weight is 771 g/mol. The molecule has 8 N–H and O–H groups in total. The molecule has 2 aliphatic rings. The van der Waals surface area contributed by atoms with Crippen LogP contribution in [0.2, 0.25) is 0 Å². The number of pyridine rings is 1. The van der Waals surface area contributed by atoms with Gasteiger partial charge in [-0.2, -0.15) is 0 Å². The first-order valence-electron chi connectivity index (χ1n) is 18.1. The summed E-state index contributed by atoms with van der Waals surface area (Å²) >= 11 is 0. The third-order valence-electron chi connectivity index (χ3n) is 9.47. The molecule has 3 rings (SSSR count). The Morgan fingerprint density at radius 3 is 2.24 bits per heavy atom. The Bertz CT molecular complexity index is 1690. The van der Waals surface area contributed by atoms with Crippen LogP contribution < -0.4 is 32.3 Å². The summed E-state index contributed by atoms with van der Waals surface area (Å²) in [6.07, 6.45) is 4.99. The van der Waals surface area contributed by atoms with Crippen molar-refractivity contribution >= 4 is 58.9 Å². The summed E-state index contributed by atoms with van der Waals surface area (Å²) in [7, 11) is 0. The number of nitrogens with two attached hydrogens (primary N) is 1. The molecular weight excluding hydrogens is 720 g/mol. The maximum absolute atomic E-state index is 14.1. The first-order valence-corrected chi connectivity index (χ1v) is 18.1. The van der Waals surface area contributed by atoms with Crippen molar-refractivity contribution in [3.63, 3.8) is 0 Å². The summed E-state index contributed by atoms with van der Waals surface area (Å²) in [5.41, 5.74) is 3.65. The summed E-state index contributed by atoms with van der Waals surface area (Å²) in [6.45, 7) is 5.47. The molecule has 1 aromatic heterocycles. The molecule has 4 atom stereocenters. The first kappa shape index (κ1) is 43.7. The van der Waals surface area contributed by atoms with E-state index in [9.17, 15) is 53.1 Å². The molecule has 1 saturated heterocycles. The van der Waals surface area contributed by atoms with E-state index in [-0.39, 0.29) is 24.4 Å². The highest BCUT2D eigenvalue weighted by Crippen LogP contribution is 2.27. The summed E-state index contributed by atoms with van der Waals surface area (Å²) in [5.74, 6) is -8.96. The van der Waals surface area contributed by atoms with Crippen LogP contribution in [-0.2, 0) is 38.4 Å². The van der Waals surface area contributed by atoms with Gasteiger partial charge in [-0.1, -0.05) is 40.0 Å². The second-order valence-electron chi connectivity index (χ2n) is 14.7. The summed E-state index contributed by atoms with van der Waals surface area (Å²) < 4.78 is 0. The molecule has 0 bridgehead atoms. The number of aromatic carboxylic acids is 1.